The molecule has 0 bridgehead atoms. The molecule has 1 fully saturated rings. The number of likely N-dealkylation sites (tertiary alicyclic amines) is 1. The Hall–Kier alpha value is -1.79. The highest BCUT2D eigenvalue weighted by Crippen LogP contribution is 2.29. The Morgan fingerprint density at radius 3 is 2.29 bits per heavy atom. The number of rotatable bonds is 5. The lowest BCUT2D eigenvalue weighted by Gasteiger charge is -2.37. The van der Waals surface area contributed by atoms with Gasteiger partial charge in [-0.15, -0.1) is 0 Å². The SMILES string of the molecule is CCC(C)(C)[C@H](NC(=O)OC(C)(C)C)C(=O)N1CCC[C@H]1C(N)=O. The minimum absolute atomic E-state index is 0.283. The predicted molar refractivity (Wildman–Crippen MR) is 91.2 cm³/mol. The van der Waals surface area contributed by atoms with E-state index < -0.39 is 35.1 Å². The van der Waals surface area contributed by atoms with Crippen molar-refractivity contribution in [3.05, 3.63) is 0 Å². The van der Waals surface area contributed by atoms with Crippen LogP contribution in [0.4, 0.5) is 4.79 Å². The number of primary amides is 1. The van der Waals surface area contributed by atoms with Gasteiger partial charge in [0.2, 0.25) is 11.8 Å². The van der Waals surface area contributed by atoms with E-state index in [2.05, 4.69) is 5.32 Å². The van der Waals surface area contributed by atoms with E-state index in [9.17, 15) is 14.4 Å². The van der Waals surface area contributed by atoms with Gasteiger partial charge in [-0.2, -0.15) is 0 Å². The number of amides is 3. The second-order valence-electron chi connectivity index (χ2n) is 8.01. The second-order valence-corrected chi connectivity index (χ2v) is 8.01. The second kappa shape index (κ2) is 7.40. The van der Waals surface area contributed by atoms with Gasteiger partial charge in [0.1, 0.15) is 17.7 Å². The van der Waals surface area contributed by atoms with Gasteiger partial charge >= 0.3 is 6.09 Å². The molecule has 0 aliphatic carbocycles. The third-order valence-corrected chi connectivity index (χ3v) is 4.47. The third-order valence-electron chi connectivity index (χ3n) is 4.47. The fourth-order valence-corrected chi connectivity index (χ4v) is 2.71. The van der Waals surface area contributed by atoms with E-state index in [0.29, 0.717) is 19.4 Å². The standard InChI is InChI=1S/C17H31N3O4/c1-7-17(5,6)12(19-15(23)24-16(2,3)4)14(22)20-10-8-9-11(20)13(18)21/h11-12H,7-10H2,1-6H3,(H2,18,21)(H,19,23)/t11-,12+/m0/s1. The van der Waals surface area contributed by atoms with Crippen molar-refractivity contribution >= 4 is 17.9 Å². The number of hydrogen-bond donors (Lipinski definition) is 2. The zero-order chi connectivity index (χ0) is 18.7. The van der Waals surface area contributed by atoms with Crippen molar-refractivity contribution in [2.24, 2.45) is 11.1 Å². The zero-order valence-electron chi connectivity index (χ0n) is 15.6. The van der Waals surface area contributed by atoms with Crippen molar-refractivity contribution in [2.75, 3.05) is 6.54 Å². The molecule has 0 aromatic heterocycles. The molecule has 3 N–H and O–H groups in total. The fourth-order valence-electron chi connectivity index (χ4n) is 2.71. The van der Waals surface area contributed by atoms with Gasteiger partial charge in [0.05, 0.1) is 0 Å². The average Bonchev–Trinajstić information content (AvgIpc) is 2.91. The number of carbonyl (C=O) groups is 3. The largest absolute Gasteiger partial charge is 0.444 e. The van der Waals surface area contributed by atoms with Crippen LogP contribution in [-0.2, 0) is 14.3 Å². The van der Waals surface area contributed by atoms with Gasteiger partial charge in [0, 0.05) is 6.54 Å². The van der Waals surface area contributed by atoms with Crippen molar-refractivity contribution in [3.63, 3.8) is 0 Å². The average molecular weight is 341 g/mol. The van der Waals surface area contributed by atoms with Crippen molar-refractivity contribution in [1.82, 2.24) is 10.2 Å². The number of nitrogens with two attached hydrogens (primary N) is 1. The number of alkyl carbamates (subject to hydrolysis) is 1. The van der Waals surface area contributed by atoms with E-state index in [1.54, 1.807) is 20.8 Å². The van der Waals surface area contributed by atoms with Gasteiger partial charge < -0.3 is 20.7 Å². The van der Waals surface area contributed by atoms with Gasteiger partial charge in [-0.05, 0) is 45.4 Å². The Morgan fingerprint density at radius 2 is 1.83 bits per heavy atom. The summed E-state index contributed by atoms with van der Waals surface area (Å²) in [7, 11) is 0. The Balaban J connectivity index is 3.00. The molecule has 0 aromatic rings. The Kier molecular flexibility index (Phi) is 6.25. The molecule has 24 heavy (non-hydrogen) atoms. The first-order valence-corrected chi connectivity index (χ1v) is 8.48. The van der Waals surface area contributed by atoms with E-state index in [1.165, 1.54) is 4.90 Å². The lowest BCUT2D eigenvalue weighted by Crippen LogP contribution is -2.58. The van der Waals surface area contributed by atoms with Crippen LogP contribution in [0.2, 0.25) is 0 Å². The van der Waals surface area contributed by atoms with Crippen LogP contribution in [0.5, 0.6) is 0 Å². The normalized spacial score (nSPS) is 19.8. The summed E-state index contributed by atoms with van der Waals surface area (Å²) >= 11 is 0. The van der Waals surface area contributed by atoms with Crippen LogP contribution in [-0.4, -0.2) is 47.0 Å². The van der Waals surface area contributed by atoms with Crippen LogP contribution in [0.25, 0.3) is 0 Å². The molecule has 3 amide bonds. The minimum atomic E-state index is -0.780. The molecule has 138 valence electrons. The van der Waals surface area contributed by atoms with Gasteiger partial charge in [-0.25, -0.2) is 4.79 Å². The van der Waals surface area contributed by atoms with E-state index in [-0.39, 0.29) is 5.91 Å². The number of hydrogen-bond acceptors (Lipinski definition) is 4. The van der Waals surface area contributed by atoms with Gasteiger partial charge in [0.25, 0.3) is 0 Å². The molecule has 7 heteroatoms. The maximum atomic E-state index is 13.0. The number of nitrogens with one attached hydrogen (secondary N) is 1. The summed E-state index contributed by atoms with van der Waals surface area (Å²) in [6.45, 7) is 11.5. The molecule has 7 nitrogen and oxygen atoms in total. The van der Waals surface area contributed by atoms with Crippen LogP contribution >= 0.6 is 0 Å². The summed E-state index contributed by atoms with van der Waals surface area (Å²) in [6.07, 6.45) is 1.32. The van der Waals surface area contributed by atoms with Crippen LogP contribution in [0.3, 0.4) is 0 Å². The summed E-state index contributed by atoms with van der Waals surface area (Å²) in [5, 5.41) is 2.70. The number of carbonyl (C=O) groups excluding carboxylic acids is 3. The molecular formula is C17H31N3O4. The van der Waals surface area contributed by atoms with Gasteiger partial charge in [0.15, 0.2) is 0 Å². The van der Waals surface area contributed by atoms with Crippen LogP contribution < -0.4 is 11.1 Å². The first kappa shape index (κ1) is 20.3. The van der Waals surface area contributed by atoms with Crippen molar-refractivity contribution in [3.8, 4) is 0 Å². The first-order valence-electron chi connectivity index (χ1n) is 8.48. The fraction of sp³-hybridized carbons (Fsp3) is 0.824. The Bertz CT molecular complexity index is 497. The smallest absolute Gasteiger partial charge is 0.408 e. The topological polar surface area (TPSA) is 102 Å². The molecule has 1 rings (SSSR count). The molecule has 0 aromatic carbocycles. The predicted octanol–water partition coefficient (Wildman–Crippen LogP) is 1.79. The van der Waals surface area contributed by atoms with Gasteiger partial charge in [-0.1, -0.05) is 20.8 Å². The maximum Gasteiger partial charge on any atom is 0.408 e. The van der Waals surface area contributed by atoms with Crippen molar-refractivity contribution in [2.45, 2.75) is 78.5 Å². The lowest BCUT2D eigenvalue weighted by atomic mass is 9.81. The van der Waals surface area contributed by atoms with Crippen molar-refractivity contribution in [1.29, 1.82) is 0 Å². The summed E-state index contributed by atoms with van der Waals surface area (Å²) in [4.78, 5) is 38.3. The van der Waals surface area contributed by atoms with E-state index in [0.717, 1.165) is 6.42 Å². The molecule has 0 unspecified atom stereocenters. The maximum absolute atomic E-state index is 13.0. The molecular weight excluding hydrogens is 310 g/mol. The highest BCUT2D eigenvalue weighted by molar-refractivity contribution is 5.91. The monoisotopic (exact) mass is 341 g/mol. The third kappa shape index (κ3) is 5.11. The molecule has 1 saturated heterocycles. The van der Waals surface area contributed by atoms with E-state index in [4.69, 9.17) is 10.5 Å². The summed E-state index contributed by atoms with van der Waals surface area (Å²) in [5.74, 6) is -0.791. The highest BCUT2D eigenvalue weighted by Gasteiger charge is 2.42. The lowest BCUT2D eigenvalue weighted by molar-refractivity contribution is -0.141. The number of nitrogens with zero attached hydrogens (tertiary/aromatic N) is 1. The molecule has 0 saturated carbocycles. The quantitative estimate of drug-likeness (QED) is 0.796. The molecule has 1 aliphatic heterocycles. The first-order chi connectivity index (χ1) is 10.9. The van der Waals surface area contributed by atoms with E-state index in [1.807, 2.05) is 20.8 Å². The number of ether oxygens (including phenoxy) is 1. The van der Waals surface area contributed by atoms with Crippen LogP contribution in [0, 0.1) is 5.41 Å². The molecule has 2 atom stereocenters. The Morgan fingerprint density at radius 1 is 1.25 bits per heavy atom. The van der Waals surface area contributed by atoms with Gasteiger partial charge in [-0.3, -0.25) is 9.59 Å². The highest BCUT2D eigenvalue weighted by atomic mass is 16.6. The zero-order valence-corrected chi connectivity index (χ0v) is 15.6. The molecule has 0 spiro atoms. The molecule has 1 aliphatic rings. The van der Waals surface area contributed by atoms with Crippen LogP contribution in [0.15, 0.2) is 0 Å². The Labute approximate surface area is 144 Å². The molecule has 1 heterocycles. The van der Waals surface area contributed by atoms with E-state index >= 15 is 0 Å². The van der Waals surface area contributed by atoms with Crippen LogP contribution in [0.1, 0.15) is 60.8 Å². The van der Waals surface area contributed by atoms with Crippen molar-refractivity contribution < 1.29 is 19.1 Å². The summed E-state index contributed by atoms with van der Waals surface area (Å²) in [5.41, 5.74) is 4.26. The minimum Gasteiger partial charge on any atom is -0.444 e. The summed E-state index contributed by atoms with van der Waals surface area (Å²) in [6, 6.07) is -1.38. The summed E-state index contributed by atoms with van der Waals surface area (Å²) < 4.78 is 5.28. The molecule has 0 radical (unpaired) electrons.